The fraction of sp³-hybridized carbons (Fsp3) is 0.158. The second-order valence-electron chi connectivity index (χ2n) is 11.3. The van der Waals surface area contributed by atoms with Crippen LogP contribution in [0.1, 0.15) is 45.8 Å². The zero-order valence-corrected chi connectivity index (χ0v) is 23.3. The van der Waals surface area contributed by atoms with Gasteiger partial charge in [0.05, 0.1) is 22.8 Å². The van der Waals surface area contributed by atoms with Crippen molar-refractivity contribution in [2.45, 2.75) is 18.8 Å². The van der Waals surface area contributed by atoms with Crippen LogP contribution in [0, 0.1) is 11.8 Å². The van der Waals surface area contributed by atoms with Crippen LogP contribution < -0.4 is 0 Å². The van der Waals surface area contributed by atoms with E-state index in [0.717, 1.165) is 47.7 Å². The number of hydrogen-bond acceptors (Lipinski definition) is 4. The lowest BCUT2D eigenvalue weighted by molar-refractivity contribution is 0.442. The minimum Gasteiger partial charge on any atom is -0.282 e. The normalized spacial score (nSPS) is 21.9. The van der Waals surface area contributed by atoms with E-state index in [1.54, 1.807) is 0 Å². The van der Waals surface area contributed by atoms with Crippen LogP contribution in [-0.4, -0.2) is 27.2 Å². The van der Waals surface area contributed by atoms with E-state index in [-0.39, 0.29) is 11.8 Å². The summed E-state index contributed by atoms with van der Waals surface area (Å²) < 4.78 is 0. The van der Waals surface area contributed by atoms with Crippen molar-refractivity contribution in [3.05, 3.63) is 161 Å². The van der Waals surface area contributed by atoms with Gasteiger partial charge in [-0.3, -0.25) is 19.9 Å². The summed E-state index contributed by atoms with van der Waals surface area (Å²) in [6.07, 6.45) is 25.9. The van der Waals surface area contributed by atoms with Crippen LogP contribution in [0.4, 0.5) is 0 Å². The van der Waals surface area contributed by atoms with E-state index in [4.69, 9.17) is 15.0 Å². The van der Waals surface area contributed by atoms with Crippen molar-refractivity contribution in [2.75, 3.05) is 6.54 Å². The van der Waals surface area contributed by atoms with Gasteiger partial charge in [0.15, 0.2) is 0 Å². The lowest BCUT2D eigenvalue weighted by Crippen LogP contribution is -2.30. The molecule has 0 spiro atoms. The van der Waals surface area contributed by atoms with Gasteiger partial charge in [0.2, 0.25) is 0 Å². The summed E-state index contributed by atoms with van der Waals surface area (Å²) in [5.41, 5.74) is 12.8. The number of aliphatic imine (C=N–C) groups is 1. The standard InChI is InChI=1S/C38H30N4/c1-2-10-28-25(9-1)20-22-40-38(28)35-19-17-27(24-42-35)37-31-13-5-3-11-29(31)36(30-12-4-6-14-32(30)37)26-16-18-34(41-23-26)33-15-7-8-21-39-33/h1,3-9,11-23,27,31,37H,2,10,24H2. The molecule has 3 unspecified atom stereocenters. The number of hydrogen-bond donors (Lipinski definition) is 0. The Hall–Kier alpha value is -4.96. The topological polar surface area (TPSA) is 51.0 Å². The Morgan fingerprint density at radius 2 is 1.67 bits per heavy atom. The summed E-state index contributed by atoms with van der Waals surface area (Å²) in [5.74, 6) is 0.843. The molecular formula is C38H30N4. The van der Waals surface area contributed by atoms with Gasteiger partial charge in [-0.25, -0.2) is 0 Å². The molecule has 8 rings (SSSR count). The van der Waals surface area contributed by atoms with Crippen LogP contribution in [0.3, 0.4) is 0 Å². The molecule has 0 saturated carbocycles. The van der Waals surface area contributed by atoms with Crippen LogP contribution in [-0.2, 0) is 6.42 Å². The third-order valence-corrected chi connectivity index (χ3v) is 8.94. The molecule has 1 aromatic carbocycles. The van der Waals surface area contributed by atoms with Crippen LogP contribution in [0.5, 0.6) is 0 Å². The lowest BCUT2D eigenvalue weighted by atomic mass is 9.64. The van der Waals surface area contributed by atoms with E-state index in [0.29, 0.717) is 5.92 Å². The smallest absolute Gasteiger partial charge is 0.0919 e. The van der Waals surface area contributed by atoms with Gasteiger partial charge >= 0.3 is 0 Å². The minimum atomic E-state index is 0.259. The molecule has 0 saturated heterocycles. The molecule has 4 aliphatic rings. The Kier molecular flexibility index (Phi) is 6.18. The summed E-state index contributed by atoms with van der Waals surface area (Å²) in [7, 11) is 0. The molecule has 4 heteroatoms. The van der Waals surface area contributed by atoms with Crippen molar-refractivity contribution in [1.82, 2.24) is 15.0 Å². The highest BCUT2D eigenvalue weighted by atomic mass is 14.8. The van der Waals surface area contributed by atoms with E-state index < -0.39 is 0 Å². The Labute approximate surface area is 246 Å². The number of rotatable bonds is 4. The number of pyridine rings is 3. The van der Waals surface area contributed by atoms with Gasteiger partial charge in [-0.15, -0.1) is 0 Å². The molecule has 3 atom stereocenters. The molecule has 0 amide bonds. The van der Waals surface area contributed by atoms with Crippen LogP contribution in [0.2, 0.25) is 0 Å². The third kappa shape index (κ3) is 4.22. The molecule has 202 valence electrons. The van der Waals surface area contributed by atoms with Gasteiger partial charge in [-0.1, -0.05) is 78.9 Å². The van der Waals surface area contributed by atoms with Gasteiger partial charge in [0.25, 0.3) is 0 Å². The zero-order chi connectivity index (χ0) is 27.9. The summed E-state index contributed by atoms with van der Waals surface area (Å²) in [6.45, 7) is 0.753. The molecule has 0 radical (unpaired) electrons. The largest absolute Gasteiger partial charge is 0.282 e. The molecule has 3 aliphatic carbocycles. The Morgan fingerprint density at radius 1 is 0.738 bits per heavy atom. The van der Waals surface area contributed by atoms with Gasteiger partial charge in [0.1, 0.15) is 0 Å². The van der Waals surface area contributed by atoms with Crippen molar-refractivity contribution in [2.24, 2.45) is 16.8 Å². The number of fused-ring (bicyclic) bond motifs is 3. The fourth-order valence-corrected chi connectivity index (χ4v) is 7.02. The number of allylic oxidation sites excluding steroid dienone is 7. The molecule has 0 bridgehead atoms. The monoisotopic (exact) mass is 542 g/mol. The average Bonchev–Trinajstić information content (AvgIpc) is 3.07. The van der Waals surface area contributed by atoms with Gasteiger partial charge in [-0.05, 0) is 76.6 Å². The molecule has 3 aromatic heterocycles. The maximum Gasteiger partial charge on any atom is 0.0919 e. The van der Waals surface area contributed by atoms with E-state index in [2.05, 4.69) is 96.1 Å². The van der Waals surface area contributed by atoms with Crippen LogP contribution in [0.15, 0.2) is 132 Å². The lowest BCUT2D eigenvalue weighted by Gasteiger charge is -2.40. The fourth-order valence-electron chi connectivity index (χ4n) is 7.02. The third-order valence-electron chi connectivity index (χ3n) is 8.94. The van der Waals surface area contributed by atoms with E-state index in [1.165, 1.54) is 33.4 Å². The quantitative estimate of drug-likeness (QED) is 0.264. The van der Waals surface area contributed by atoms with Crippen molar-refractivity contribution >= 4 is 17.4 Å². The first-order chi connectivity index (χ1) is 20.8. The number of benzene rings is 1. The summed E-state index contributed by atoms with van der Waals surface area (Å²) in [6, 6.07) is 21.2. The highest BCUT2D eigenvalue weighted by Crippen LogP contribution is 2.51. The molecule has 42 heavy (non-hydrogen) atoms. The molecule has 4 heterocycles. The maximum absolute atomic E-state index is 5.16. The summed E-state index contributed by atoms with van der Waals surface area (Å²) in [4.78, 5) is 19.2. The Morgan fingerprint density at radius 3 is 2.52 bits per heavy atom. The Balaban J connectivity index is 1.16. The SMILES string of the molecule is C1=CC2=C(c3ccc(-c4ccccn4)nc3)c3ccccc3C(C3C=CC(c4nccc5c4CCC=C5)=NC3)C2C=C1. The molecule has 0 N–H and O–H groups in total. The molecule has 1 aliphatic heterocycles. The van der Waals surface area contributed by atoms with Crippen molar-refractivity contribution in [3.8, 4) is 11.4 Å². The first-order valence-corrected chi connectivity index (χ1v) is 14.8. The number of nitrogens with zero attached hydrogens (tertiary/aromatic N) is 4. The first-order valence-electron chi connectivity index (χ1n) is 14.8. The molecule has 4 aromatic rings. The second-order valence-corrected chi connectivity index (χ2v) is 11.3. The van der Waals surface area contributed by atoms with Crippen LogP contribution >= 0.6 is 0 Å². The summed E-state index contributed by atoms with van der Waals surface area (Å²) >= 11 is 0. The Bertz CT molecular complexity index is 1860. The zero-order valence-electron chi connectivity index (χ0n) is 23.3. The van der Waals surface area contributed by atoms with E-state index >= 15 is 0 Å². The van der Waals surface area contributed by atoms with Gasteiger partial charge in [-0.2, -0.15) is 0 Å². The highest BCUT2D eigenvalue weighted by Gasteiger charge is 2.38. The first kappa shape index (κ1) is 24.8. The van der Waals surface area contributed by atoms with Crippen molar-refractivity contribution < 1.29 is 0 Å². The van der Waals surface area contributed by atoms with Crippen molar-refractivity contribution in [3.63, 3.8) is 0 Å². The molecule has 4 nitrogen and oxygen atoms in total. The van der Waals surface area contributed by atoms with Crippen LogP contribution in [0.25, 0.3) is 23.0 Å². The molecule has 0 fully saturated rings. The van der Waals surface area contributed by atoms with Gasteiger partial charge < -0.3 is 0 Å². The highest BCUT2D eigenvalue weighted by molar-refractivity contribution is 6.09. The molecular weight excluding hydrogens is 512 g/mol. The average molecular weight is 543 g/mol. The van der Waals surface area contributed by atoms with E-state index in [9.17, 15) is 0 Å². The predicted molar refractivity (Wildman–Crippen MR) is 170 cm³/mol. The number of dihydropyridines is 1. The predicted octanol–water partition coefficient (Wildman–Crippen LogP) is 7.81. The van der Waals surface area contributed by atoms with E-state index in [1.807, 2.05) is 36.8 Å². The summed E-state index contributed by atoms with van der Waals surface area (Å²) in [5, 5.41) is 0. The van der Waals surface area contributed by atoms with Crippen molar-refractivity contribution in [1.29, 1.82) is 0 Å². The minimum absolute atomic E-state index is 0.259. The maximum atomic E-state index is 5.16. The van der Waals surface area contributed by atoms with Gasteiger partial charge in [0, 0.05) is 48.5 Å². The second kappa shape index (κ2) is 10.5. The number of aromatic nitrogens is 3.